The van der Waals surface area contributed by atoms with Crippen molar-refractivity contribution in [3.05, 3.63) is 65.0 Å². The largest absolute Gasteiger partial charge is 0.426 e. The third-order valence-electron chi connectivity index (χ3n) is 8.91. The molecular formula is C28H30F5NO3S. The first-order chi connectivity index (χ1) is 17.7. The molecule has 206 valence electrons. The molecule has 2 fully saturated rings. The van der Waals surface area contributed by atoms with E-state index in [2.05, 4.69) is 5.32 Å². The second-order valence-electron chi connectivity index (χ2n) is 11.1. The van der Waals surface area contributed by atoms with Crippen LogP contribution in [0.1, 0.15) is 62.6 Å². The highest BCUT2D eigenvalue weighted by Gasteiger charge is 2.62. The second-order valence-corrected chi connectivity index (χ2v) is 13.4. The van der Waals surface area contributed by atoms with Gasteiger partial charge in [0.05, 0.1) is 4.90 Å². The van der Waals surface area contributed by atoms with Crippen LogP contribution in [0, 0.1) is 23.6 Å². The van der Waals surface area contributed by atoms with E-state index in [1.807, 2.05) is 6.92 Å². The zero-order chi connectivity index (χ0) is 27.7. The van der Waals surface area contributed by atoms with Crippen LogP contribution in [0.5, 0.6) is 0 Å². The summed E-state index contributed by atoms with van der Waals surface area (Å²) in [7, 11) is -4.23. The van der Waals surface area contributed by atoms with Crippen LogP contribution >= 0.6 is 0 Å². The zero-order valence-electron chi connectivity index (χ0n) is 21.1. The van der Waals surface area contributed by atoms with Gasteiger partial charge >= 0.3 is 6.18 Å². The van der Waals surface area contributed by atoms with E-state index in [-0.39, 0.29) is 42.5 Å². The molecule has 38 heavy (non-hydrogen) atoms. The van der Waals surface area contributed by atoms with Gasteiger partial charge in [0.15, 0.2) is 9.84 Å². The Kier molecular flexibility index (Phi) is 6.44. The SMILES string of the molecule is C[C@@H](NC(=O)[C@@H]1CC[C@@]2(S(=O)(=O)c3ccc(F)cc3)c3ccc(C(C)(F)C(F)(F)F)cc3CC[C@@H]12)C1CC1. The standard InChI is InChI=1S/C28H30F5NO3S/c1-16(17-3-4-17)34-25(35)22-13-14-27(38(36,37)21-9-7-20(29)8-10-21)23-12-6-19(26(2,30)28(31,32)33)15-18(23)5-11-24(22)27/h6-10,12,15-17,22,24H,3-5,11,13-14H2,1-2H3,(H,34,35)/t16-,22-,24+,26?,27-/m1/s1. The Morgan fingerprint density at radius 1 is 1.03 bits per heavy atom. The number of halogens is 5. The highest BCUT2D eigenvalue weighted by atomic mass is 32.2. The van der Waals surface area contributed by atoms with Crippen molar-refractivity contribution < 1.29 is 35.2 Å². The number of fused-ring (bicyclic) bond motifs is 3. The van der Waals surface area contributed by atoms with Crippen LogP contribution in [0.4, 0.5) is 22.0 Å². The van der Waals surface area contributed by atoms with Gasteiger partial charge in [0.25, 0.3) is 0 Å². The highest BCUT2D eigenvalue weighted by molar-refractivity contribution is 7.92. The van der Waals surface area contributed by atoms with Gasteiger partial charge in [-0.15, -0.1) is 0 Å². The van der Waals surface area contributed by atoms with Crippen molar-refractivity contribution in [2.45, 2.75) is 79.9 Å². The summed E-state index contributed by atoms with van der Waals surface area (Å²) in [6, 6.07) is 7.79. The number of nitrogens with one attached hydrogen (secondary N) is 1. The molecule has 1 N–H and O–H groups in total. The molecule has 2 aromatic carbocycles. The molecule has 0 aromatic heterocycles. The van der Waals surface area contributed by atoms with Crippen LogP contribution in [0.15, 0.2) is 47.4 Å². The maximum absolute atomic E-state index is 14.8. The maximum Gasteiger partial charge on any atom is 0.426 e. The topological polar surface area (TPSA) is 63.2 Å². The summed E-state index contributed by atoms with van der Waals surface area (Å²) >= 11 is 0. The van der Waals surface area contributed by atoms with Crippen molar-refractivity contribution in [3.8, 4) is 0 Å². The van der Waals surface area contributed by atoms with Gasteiger partial charge in [-0.3, -0.25) is 4.79 Å². The fraction of sp³-hybridized carbons (Fsp3) is 0.536. The molecule has 4 nitrogen and oxygen atoms in total. The lowest BCUT2D eigenvalue weighted by Gasteiger charge is -2.42. The van der Waals surface area contributed by atoms with Crippen LogP contribution < -0.4 is 5.32 Å². The third kappa shape index (κ3) is 4.14. The average molecular weight is 556 g/mol. The van der Waals surface area contributed by atoms with Gasteiger partial charge in [-0.1, -0.05) is 18.2 Å². The molecule has 0 saturated heterocycles. The van der Waals surface area contributed by atoms with Gasteiger partial charge in [0.1, 0.15) is 10.6 Å². The molecule has 1 amide bonds. The molecular weight excluding hydrogens is 525 g/mol. The van der Waals surface area contributed by atoms with E-state index >= 15 is 0 Å². The fourth-order valence-corrected chi connectivity index (χ4v) is 8.96. The Bertz CT molecular complexity index is 1350. The van der Waals surface area contributed by atoms with Gasteiger partial charge in [0.2, 0.25) is 11.6 Å². The van der Waals surface area contributed by atoms with Crippen molar-refractivity contribution in [2.75, 3.05) is 0 Å². The minimum absolute atomic E-state index is 0.0331. The third-order valence-corrected chi connectivity index (χ3v) is 11.5. The van der Waals surface area contributed by atoms with E-state index < -0.39 is 49.6 Å². The van der Waals surface area contributed by atoms with Gasteiger partial charge < -0.3 is 5.32 Å². The molecule has 5 rings (SSSR count). The van der Waals surface area contributed by atoms with Gasteiger partial charge in [0, 0.05) is 12.0 Å². The minimum atomic E-state index is -5.15. The van der Waals surface area contributed by atoms with E-state index in [1.54, 1.807) is 0 Å². The van der Waals surface area contributed by atoms with E-state index in [1.165, 1.54) is 18.2 Å². The van der Waals surface area contributed by atoms with Gasteiger partial charge in [-0.2, -0.15) is 13.2 Å². The number of benzene rings is 2. The normalized spacial score (nSPS) is 27.7. The Labute approximate surface area is 218 Å². The maximum atomic E-state index is 14.8. The molecule has 3 aliphatic rings. The smallest absolute Gasteiger partial charge is 0.353 e. The monoisotopic (exact) mass is 555 g/mol. The first kappa shape index (κ1) is 27.1. The van der Waals surface area contributed by atoms with Crippen molar-refractivity contribution in [1.82, 2.24) is 5.32 Å². The predicted octanol–water partition coefficient (Wildman–Crippen LogP) is 6.13. The predicted molar refractivity (Wildman–Crippen MR) is 131 cm³/mol. The molecule has 2 saturated carbocycles. The molecule has 0 bridgehead atoms. The van der Waals surface area contributed by atoms with Gasteiger partial charge in [-0.05, 0) is 105 Å². The van der Waals surface area contributed by atoms with Crippen LogP contribution in [-0.2, 0) is 31.5 Å². The molecule has 0 heterocycles. The quantitative estimate of drug-likeness (QED) is 0.345. The summed E-state index contributed by atoms with van der Waals surface area (Å²) in [5.41, 5.74) is -3.59. The summed E-state index contributed by atoms with van der Waals surface area (Å²) in [6.45, 7) is 2.38. The molecule has 0 spiro atoms. The van der Waals surface area contributed by atoms with Crippen LogP contribution in [-0.4, -0.2) is 26.5 Å². The lowest BCUT2D eigenvalue weighted by atomic mass is 9.72. The molecule has 0 radical (unpaired) electrons. The van der Waals surface area contributed by atoms with Crippen LogP contribution in [0.25, 0.3) is 0 Å². The lowest BCUT2D eigenvalue weighted by molar-refractivity contribution is -0.228. The fourth-order valence-electron chi connectivity index (χ4n) is 6.49. The van der Waals surface area contributed by atoms with E-state index in [0.717, 1.165) is 37.1 Å². The van der Waals surface area contributed by atoms with E-state index in [0.29, 0.717) is 24.0 Å². The number of aryl methyl sites for hydroxylation is 1. The number of alkyl halides is 4. The number of amides is 1. The molecule has 5 atom stereocenters. The minimum Gasteiger partial charge on any atom is -0.353 e. The van der Waals surface area contributed by atoms with Crippen molar-refractivity contribution in [1.29, 1.82) is 0 Å². The highest BCUT2D eigenvalue weighted by Crippen LogP contribution is 2.59. The van der Waals surface area contributed by atoms with Crippen molar-refractivity contribution in [3.63, 3.8) is 0 Å². The number of rotatable bonds is 6. The lowest BCUT2D eigenvalue weighted by Crippen LogP contribution is -2.48. The summed E-state index contributed by atoms with van der Waals surface area (Å²) in [5.74, 6) is -1.68. The number of sulfone groups is 1. The Morgan fingerprint density at radius 3 is 2.29 bits per heavy atom. The Balaban J connectivity index is 1.62. The Morgan fingerprint density at radius 2 is 1.68 bits per heavy atom. The number of carbonyl (C=O) groups is 1. The number of carbonyl (C=O) groups excluding carboxylic acids is 1. The summed E-state index contributed by atoms with van der Waals surface area (Å²) < 4.78 is 95.8. The molecule has 2 aromatic rings. The molecule has 10 heteroatoms. The molecule has 1 unspecified atom stereocenters. The summed E-state index contributed by atoms with van der Waals surface area (Å²) in [5, 5.41) is 3.04. The molecule has 3 aliphatic carbocycles. The summed E-state index contributed by atoms with van der Waals surface area (Å²) in [4.78, 5) is 13.2. The van der Waals surface area contributed by atoms with Crippen molar-refractivity contribution >= 4 is 15.7 Å². The first-order valence-corrected chi connectivity index (χ1v) is 14.4. The average Bonchev–Trinajstić information content (AvgIpc) is 3.62. The zero-order valence-corrected chi connectivity index (χ0v) is 21.9. The van der Waals surface area contributed by atoms with Crippen LogP contribution in [0.3, 0.4) is 0 Å². The summed E-state index contributed by atoms with van der Waals surface area (Å²) in [6.07, 6.45) is -2.29. The van der Waals surface area contributed by atoms with E-state index in [9.17, 15) is 35.2 Å². The molecule has 0 aliphatic heterocycles. The second kappa shape index (κ2) is 9.03. The van der Waals surface area contributed by atoms with Gasteiger partial charge in [-0.25, -0.2) is 17.2 Å². The van der Waals surface area contributed by atoms with Crippen molar-refractivity contribution in [2.24, 2.45) is 17.8 Å². The van der Waals surface area contributed by atoms with E-state index in [4.69, 9.17) is 0 Å². The Hall–Kier alpha value is -2.49. The number of hydrogen-bond donors (Lipinski definition) is 1. The first-order valence-electron chi connectivity index (χ1n) is 12.9. The van der Waals surface area contributed by atoms with Crippen LogP contribution in [0.2, 0.25) is 0 Å². The number of hydrogen-bond acceptors (Lipinski definition) is 3.